The third-order valence-electron chi connectivity index (χ3n) is 1.86. The van der Waals surface area contributed by atoms with Gasteiger partial charge in [0.1, 0.15) is 0 Å². The minimum absolute atomic E-state index is 0.311. The standard InChI is InChI=1S/C10H11F3N2O/c1-6(2)9(16)15-7-4-3-5-14-8(7)10(11,12)13/h3-6H,1-2H3,(H,15,16). The number of nitrogens with zero attached hydrogens (tertiary/aromatic N) is 1. The predicted octanol–water partition coefficient (Wildman–Crippen LogP) is 2.69. The van der Waals surface area contributed by atoms with Gasteiger partial charge in [0.25, 0.3) is 0 Å². The molecule has 0 aromatic carbocycles. The summed E-state index contributed by atoms with van der Waals surface area (Å²) >= 11 is 0. The Labute approximate surface area is 90.7 Å². The highest BCUT2D eigenvalue weighted by Crippen LogP contribution is 2.32. The largest absolute Gasteiger partial charge is 0.435 e. The Morgan fingerprint density at radius 2 is 2.06 bits per heavy atom. The SMILES string of the molecule is CC(C)C(=O)Nc1cccnc1C(F)(F)F. The zero-order valence-electron chi connectivity index (χ0n) is 8.80. The van der Waals surface area contributed by atoms with Crippen molar-refractivity contribution in [2.45, 2.75) is 20.0 Å². The second-order valence-corrected chi connectivity index (χ2v) is 3.54. The van der Waals surface area contributed by atoms with Crippen LogP contribution in [-0.2, 0) is 11.0 Å². The highest BCUT2D eigenvalue weighted by atomic mass is 19.4. The van der Waals surface area contributed by atoms with Gasteiger partial charge in [-0.25, -0.2) is 4.98 Å². The number of aromatic nitrogens is 1. The number of amides is 1. The molecule has 0 fully saturated rings. The van der Waals surface area contributed by atoms with Crippen LogP contribution in [0.4, 0.5) is 18.9 Å². The molecule has 88 valence electrons. The van der Waals surface area contributed by atoms with Gasteiger partial charge in [-0.2, -0.15) is 13.2 Å². The summed E-state index contributed by atoms with van der Waals surface area (Å²) in [6, 6.07) is 2.52. The molecule has 0 bridgehead atoms. The summed E-state index contributed by atoms with van der Waals surface area (Å²) in [5.74, 6) is -0.861. The summed E-state index contributed by atoms with van der Waals surface area (Å²) in [6.45, 7) is 3.19. The second-order valence-electron chi connectivity index (χ2n) is 3.54. The maximum atomic E-state index is 12.5. The number of alkyl halides is 3. The van der Waals surface area contributed by atoms with Gasteiger partial charge in [-0.15, -0.1) is 0 Å². The topological polar surface area (TPSA) is 42.0 Å². The summed E-state index contributed by atoms with van der Waals surface area (Å²) in [5.41, 5.74) is -1.39. The Bertz CT molecular complexity index is 388. The van der Waals surface area contributed by atoms with Crippen molar-refractivity contribution in [3.63, 3.8) is 0 Å². The van der Waals surface area contributed by atoms with Crippen LogP contribution in [0.5, 0.6) is 0 Å². The predicted molar refractivity (Wildman–Crippen MR) is 52.7 cm³/mol. The van der Waals surface area contributed by atoms with Gasteiger partial charge < -0.3 is 5.32 Å². The highest BCUT2D eigenvalue weighted by molar-refractivity contribution is 5.92. The van der Waals surface area contributed by atoms with Crippen molar-refractivity contribution in [2.75, 3.05) is 5.32 Å². The Hall–Kier alpha value is -1.59. The zero-order chi connectivity index (χ0) is 12.3. The molecule has 3 nitrogen and oxygen atoms in total. The quantitative estimate of drug-likeness (QED) is 0.851. The summed E-state index contributed by atoms with van der Waals surface area (Å²) in [4.78, 5) is 14.5. The third kappa shape index (κ3) is 2.95. The van der Waals surface area contributed by atoms with Crippen LogP contribution in [0.2, 0.25) is 0 Å². The molecule has 0 saturated heterocycles. The molecule has 1 heterocycles. The van der Waals surface area contributed by atoms with Gasteiger partial charge in [0.15, 0.2) is 5.69 Å². The smallest absolute Gasteiger partial charge is 0.324 e. The van der Waals surface area contributed by atoms with Crippen molar-refractivity contribution in [3.05, 3.63) is 24.0 Å². The maximum Gasteiger partial charge on any atom is 0.435 e. The number of halogens is 3. The summed E-state index contributed by atoms with van der Waals surface area (Å²) in [6.07, 6.45) is -3.53. The van der Waals surface area contributed by atoms with Crippen LogP contribution in [0.25, 0.3) is 0 Å². The first-order valence-electron chi connectivity index (χ1n) is 4.65. The summed E-state index contributed by atoms with van der Waals surface area (Å²) < 4.78 is 37.5. The summed E-state index contributed by atoms with van der Waals surface area (Å²) in [7, 11) is 0. The fourth-order valence-corrected chi connectivity index (χ4v) is 1.01. The molecule has 0 aliphatic carbocycles. The molecule has 0 radical (unpaired) electrons. The van der Waals surface area contributed by atoms with E-state index in [0.717, 1.165) is 6.20 Å². The lowest BCUT2D eigenvalue weighted by atomic mass is 10.2. The molecule has 0 atom stereocenters. The van der Waals surface area contributed by atoms with Crippen molar-refractivity contribution in [2.24, 2.45) is 5.92 Å². The molecular weight excluding hydrogens is 221 g/mol. The van der Waals surface area contributed by atoms with Crippen LogP contribution in [0.3, 0.4) is 0 Å². The Kier molecular flexibility index (Phi) is 3.51. The van der Waals surface area contributed by atoms with Crippen molar-refractivity contribution in [3.8, 4) is 0 Å². The number of carbonyl (C=O) groups excluding carboxylic acids is 1. The van der Waals surface area contributed by atoms with Crippen molar-refractivity contribution >= 4 is 11.6 Å². The Morgan fingerprint density at radius 1 is 1.44 bits per heavy atom. The third-order valence-corrected chi connectivity index (χ3v) is 1.86. The van der Waals surface area contributed by atoms with Gasteiger partial charge in [-0.05, 0) is 12.1 Å². The number of hydrogen-bond acceptors (Lipinski definition) is 2. The van der Waals surface area contributed by atoms with Crippen LogP contribution < -0.4 is 5.32 Å². The molecule has 16 heavy (non-hydrogen) atoms. The number of anilines is 1. The lowest BCUT2D eigenvalue weighted by Crippen LogP contribution is -2.21. The van der Waals surface area contributed by atoms with E-state index in [-0.39, 0.29) is 11.6 Å². The number of nitrogens with one attached hydrogen (secondary N) is 1. The van der Waals surface area contributed by atoms with E-state index in [1.54, 1.807) is 13.8 Å². The number of pyridine rings is 1. The molecule has 0 spiro atoms. The van der Waals surface area contributed by atoms with Gasteiger partial charge >= 0.3 is 6.18 Å². The number of rotatable bonds is 2. The minimum Gasteiger partial charge on any atom is -0.324 e. The van der Waals surface area contributed by atoms with E-state index in [9.17, 15) is 18.0 Å². The first-order chi connectivity index (χ1) is 7.32. The van der Waals surface area contributed by atoms with E-state index >= 15 is 0 Å². The van der Waals surface area contributed by atoms with Crippen molar-refractivity contribution < 1.29 is 18.0 Å². The van der Waals surface area contributed by atoms with Gasteiger partial charge in [0, 0.05) is 12.1 Å². The molecule has 0 aliphatic rings. The van der Waals surface area contributed by atoms with Gasteiger partial charge in [0.05, 0.1) is 5.69 Å². The molecule has 1 aromatic rings. The van der Waals surface area contributed by atoms with Gasteiger partial charge in [-0.1, -0.05) is 13.8 Å². The summed E-state index contributed by atoms with van der Waals surface area (Å²) in [5, 5.41) is 2.20. The average molecular weight is 232 g/mol. The maximum absolute atomic E-state index is 12.5. The molecular formula is C10H11F3N2O. The van der Waals surface area contributed by atoms with Crippen LogP contribution >= 0.6 is 0 Å². The van der Waals surface area contributed by atoms with Gasteiger partial charge in [-0.3, -0.25) is 4.79 Å². The Balaban J connectivity index is 3.01. The van der Waals surface area contributed by atoms with Crippen molar-refractivity contribution in [1.82, 2.24) is 4.98 Å². The van der Waals surface area contributed by atoms with E-state index in [1.165, 1.54) is 12.1 Å². The molecule has 1 N–H and O–H groups in total. The normalized spacial score (nSPS) is 11.6. The van der Waals surface area contributed by atoms with E-state index < -0.39 is 17.8 Å². The lowest BCUT2D eigenvalue weighted by Gasteiger charge is -2.13. The fraction of sp³-hybridized carbons (Fsp3) is 0.400. The lowest BCUT2D eigenvalue weighted by molar-refractivity contribution is -0.140. The number of hydrogen-bond donors (Lipinski definition) is 1. The molecule has 1 aromatic heterocycles. The molecule has 0 saturated carbocycles. The van der Waals surface area contributed by atoms with Gasteiger partial charge in [0.2, 0.25) is 5.91 Å². The van der Waals surface area contributed by atoms with E-state index in [4.69, 9.17) is 0 Å². The molecule has 0 unspecified atom stereocenters. The van der Waals surface area contributed by atoms with E-state index in [1.807, 2.05) is 0 Å². The first-order valence-corrected chi connectivity index (χ1v) is 4.65. The second kappa shape index (κ2) is 4.51. The first kappa shape index (κ1) is 12.5. The molecule has 0 aliphatic heterocycles. The van der Waals surface area contributed by atoms with Crippen LogP contribution in [0.15, 0.2) is 18.3 Å². The van der Waals surface area contributed by atoms with E-state index in [2.05, 4.69) is 10.3 Å². The monoisotopic (exact) mass is 232 g/mol. The molecule has 1 rings (SSSR count). The highest BCUT2D eigenvalue weighted by Gasteiger charge is 2.35. The zero-order valence-corrected chi connectivity index (χ0v) is 8.80. The average Bonchev–Trinajstić information content (AvgIpc) is 2.16. The molecule has 6 heteroatoms. The van der Waals surface area contributed by atoms with E-state index in [0.29, 0.717) is 0 Å². The van der Waals surface area contributed by atoms with Crippen LogP contribution in [0.1, 0.15) is 19.5 Å². The minimum atomic E-state index is -4.57. The number of carbonyl (C=O) groups is 1. The van der Waals surface area contributed by atoms with Crippen LogP contribution in [-0.4, -0.2) is 10.9 Å². The van der Waals surface area contributed by atoms with Crippen LogP contribution in [0, 0.1) is 5.92 Å². The molecule has 1 amide bonds. The van der Waals surface area contributed by atoms with Crippen molar-refractivity contribution in [1.29, 1.82) is 0 Å². The fourth-order valence-electron chi connectivity index (χ4n) is 1.01. The Morgan fingerprint density at radius 3 is 2.56 bits per heavy atom.